The zero-order valence-corrected chi connectivity index (χ0v) is 31.0. The van der Waals surface area contributed by atoms with Crippen LogP contribution >= 0.6 is 0 Å². The molecule has 9 aromatic carbocycles. The van der Waals surface area contributed by atoms with E-state index in [-0.39, 0.29) is 0 Å². The van der Waals surface area contributed by atoms with Crippen molar-refractivity contribution in [2.24, 2.45) is 0 Å². The van der Waals surface area contributed by atoms with E-state index >= 15 is 0 Å². The second-order valence-corrected chi connectivity index (χ2v) is 17.4. The molecule has 0 aliphatic heterocycles. The van der Waals surface area contributed by atoms with Gasteiger partial charge >= 0.3 is 0 Å². The molecule has 0 bridgehead atoms. The summed E-state index contributed by atoms with van der Waals surface area (Å²) in [7, 11) is -2.57. The fourth-order valence-electron chi connectivity index (χ4n) is 8.10. The van der Waals surface area contributed by atoms with Gasteiger partial charge in [0.2, 0.25) is 0 Å². The van der Waals surface area contributed by atoms with Gasteiger partial charge in [0.25, 0.3) is 0 Å². The van der Waals surface area contributed by atoms with Crippen LogP contribution < -0.4 is 20.5 Å². The predicted octanol–water partition coefficient (Wildman–Crippen LogP) is 11.9. The number of benzene rings is 9. The Bertz CT molecular complexity index is 2550. The van der Waals surface area contributed by atoms with E-state index in [1.165, 1.54) is 53.8 Å². The van der Waals surface area contributed by atoms with E-state index < -0.39 is 8.07 Å². The Morgan fingerprint density at radius 3 is 1.17 bits per heavy atom. The van der Waals surface area contributed by atoms with Gasteiger partial charge in [-0.3, -0.25) is 0 Å². The summed E-state index contributed by atoms with van der Waals surface area (Å²) in [5.41, 5.74) is 9.63. The monoisotopic (exact) mass is 705 g/mol. The Balaban J connectivity index is 1.21. The molecule has 2 heteroatoms. The maximum absolute atomic E-state index is 2.57. The summed E-state index contributed by atoms with van der Waals surface area (Å²) in [6.45, 7) is 0. The van der Waals surface area contributed by atoms with E-state index in [2.05, 4.69) is 241 Å². The first-order valence-corrected chi connectivity index (χ1v) is 20.7. The molecule has 0 aliphatic rings. The lowest BCUT2D eigenvalue weighted by molar-refractivity contribution is 1.30. The number of hydrogen-bond acceptors (Lipinski definition) is 1. The summed E-state index contributed by atoms with van der Waals surface area (Å²) in [5, 5.41) is 9.02. The van der Waals surface area contributed by atoms with Crippen LogP contribution in [0.2, 0.25) is 0 Å². The Morgan fingerprint density at radius 2 is 0.685 bits per heavy atom. The van der Waals surface area contributed by atoms with Crippen LogP contribution in [0.1, 0.15) is 5.56 Å². The molecule has 0 amide bonds. The third-order valence-corrected chi connectivity index (χ3v) is 15.0. The number of hydrogen-bond donors (Lipinski definition) is 0. The maximum Gasteiger partial charge on any atom is 0.172 e. The van der Waals surface area contributed by atoms with Crippen LogP contribution in [0.5, 0.6) is 0 Å². The lowest BCUT2D eigenvalue weighted by Gasteiger charge is -2.31. The molecular weight excluding hydrogens is 667 g/mol. The second kappa shape index (κ2) is 14.7. The van der Waals surface area contributed by atoms with Crippen LogP contribution in [0.4, 0.5) is 17.1 Å². The zero-order valence-electron chi connectivity index (χ0n) is 30.0. The Kier molecular flexibility index (Phi) is 9.02. The van der Waals surface area contributed by atoms with E-state index in [9.17, 15) is 0 Å². The van der Waals surface area contributed by atoms with Crippen molar-refractivity contribution in [1.29, 1.82) is 0 Å². The summed E-state index contributed by atoms with van der Waals surface area (Å²) in [5.74, 6) is 0. The first kappa shape index (κ1) is 33.1. The molecule has 1 nitrogen and oxygen atoms in total. The van der Waals surface area contributed by atoms with Crippen molar-refractivity contribution in [1.82, 2.24) is 0 Å². The highest BCUT2D eigenvalue weighted by molar-refractivity contribution is 7.15. The van der Waals surface area contributed by atoms with Gasteiger partial charge in [-0.15, -0.1) is 0 Å². The Morgan fingerprint density at radius 1 is 0.315 bits per heavy atom. The predicted molar refractivity (Wildman–Crippen MR) is 235 cm³/mol. The molecule has 9 rings (SSSR count). The normalized spacial score (nSPS) is 11.6. The molecule has 0 heterocycles. The first-order valence-electron chi connectivity index (χ1n) is 18.6. The maximum atomic E-state index is 2.54. The van der Waals surface area contributed by atoms with Gasteiger partial charge in [-0.2, -0.15) is 0 Å². The van der Waals surface area contributed by atoms with E-state index in [4.69, 9.17) is 0 Å². The second-order valence-electron chi connectivity index (χ2n) is 13.7. The minimum Gasteiger partial charge on any atom is -0.310 e. The largest absolute Gasteiger partial charge is 0.310 e. The van der Waals surface area contributed by atoms with Crippen molar-refractivity contribution in [2.75, 3.05) is 4.90 Å². The minimum atomic E-state index is -2.57. The smallest absolute Gasteiger partial charge is 0.172 e. The Labute approximate surface area is 318 Å². The first-order chi connectivity index (χ1) is 26.8. The quantitative estimate of drug-likeness (QED) is 0.107. The van der Waals surface area contributed by atoms with Gasteiger partial charge in [-0.05, 0) is 78.7 Å². The minimum absolute atomic E-state index is 1.13. The van der Waals surface area contributed by atoms with Crippen LogP contribution in [0.15, 0.2) is 230 Å². The molecule has 0 fully saturated rings. The highest BCUT2D eigenvalue weighted by Gasteiger charge is 2.36. The van der Waals surface area contributed by atoms with Crippen LogP contribution in [0, 0.1) is 0 Å². The molecule has 0 saturated carbocycles. The van der Waals surface area contributed by atoms with Crippen molar-refractivity contribution >= 4 is 68.3 Å². The van der Waals surface area contributed by atoms with Gasteiger partial charge in [0.05, 0.1) is 5.69 Å². The lowest BCUT2D eigenvalue weighted by Crippen LogP contribution is -2.66. The molecule has 0 spiro atoms. The molecule has 0 radical (unpaired) electrons. The van der Waals surface area contributed by atoms with E-state index in [0.29, 0.717) is 0 Å². The molecule has 0 aromatic heterocycles. The van der Waals surface area contributed by atoms with Crippen LogP contribution in [-0.2, 0) is 0 Å². The van der Waals surface area contributed by atoms with Gasteiger partial charge in [-0.1, -0.05) is 206 Å². The SMILES string of the molecule is C(=C\[Si](c1ccccc1)(c1ccccc1)c1ccccc1)/c1ccc(-c2ccc(N(c3ccccc3)c3ccccc3)c3ccccc23)c2ccccc12. The molecular formula is C52H39NSi. The third-order valence-electron chi connectivity index (χ3n) is 10.6. The van der Waals surface area contributed by atoms with Crippen LogP contribution in [0.3, 0.4) is 0 Å². The average Bonchev–Trinajstić information content (AvgIpc) is 3.26. The van der Waals surface area contributed by atoms with Crippen LogP contribution in [0.25, 0.3) is 38.7 Å². The fraction of sp³-hybridized carbons (Fsp3) is 0. The summed E-state index contributed by atoms with van der Waals surface area (Å²) >= 11 is 0. The van der Waals surface area contributed by atoms with Gasteiger partial charge in [-0.25, -0.2) is 0 Å². The molecule has 9 aromatic rings. The van der Waals surface area contributed by atoms with E-state index in [1.807, 2.05) is 0 Å². The summed E-state index contributed by atoms with van der Waals surface area (Å²) in [6.07, 6.45) is 2.39. The standard InChI is InChI=1S/C52H39NSi/c1-6-20-41(21-7-1)53(42-22-8-2-9-23-42)52-37-36-50(48-32-18-19-33-51(48)52)49-35-34-40(46-30-16-17-31-47(46)49)38-39-54(43-24-10-3-11-25-43,44-26-12-4-13-27-44)45-28-14-5-15-29-45/h1-39H/b39-38+. The lowest BCUT2D eigenvalue weighted by atomic mass is 9.91. The van der Waals surface area contributed by atoms with Gasteiger partial charge < -0.3 is 4.90 Å². The number of para-hydroxylation sites is 2. The molecule has 0 aliphatic carbocycles. The third kappa shape index (κ3) is 6.03. The summed E-state index contributed by atoms with van der Waals surface area (Å²) in [4.78, 5) is 2.36. The Hall–Kier alpha value is -6.74. The molecule has 256 valence electrons. The van der Waals surface area contributed by atoms with Gasteiger partial charge in [0, 0.05) is 16.8 Å². The topological polar surface area (TPSA) is 3.24 Å². The number of fused-ring (bicyclic) bond motifs is 2. The molecule has 54 heavy (non-hydrogen) atoms. The van der Waals surface area contributed by atoms with Gasteiger partial charge in [0.15, 0.2) is 8.07 Å². The van der Waals surface area contributed by atoms with Crippen molar-refractivity contribution < 1.29 is 0 Å². The molecule has 0 unspecified atom stereocenters. The van der Waals surface area contributed by atoms with Gasteiger partial charge in [0.1, 0.15) is 0 Å². The molecule has 0 saturated heterocycles. The van der Waals surface area contributed by atoms with Crippen molar-refractivity contribution in [3.8, 4) is 11.1 Å². The zero-order chi connectivity index (χ0) is 36.2. The highest BCUT2D eigenvalue weighted by atomic mass is 28.3. The molecule has 0 atom stereocenters. The summed E-state index contributed by atoms with van der Waals surface area (Å²) < 4.78 is 0. The van der Waals surface area contributed by atoms with Crippen molar-refractivity contribution in [2.45, 2.75) is 0 Å². The number of rotatable bonds is 9. The number of anilines is 3. The summed E-state index contributed by atoms with van der Waals surface area (Å²) in [6, 6.07) is 81.5. The fourth-order valence-corrected chi connectivity index (χ4v) is 12.3. The van der Waals surface area contributed by atoms with E-state index in [0.717, 1.165) is 17.1 Å². The number of nitrogens with zero attached hydrogens (tertiary/aromatic N) is 1. The van der Waals surface area contributed by atoms with Crippen molar-refractivity contribution in [3.05, 3.63) is 236 Å². The highest BCUT2D eigenvalue weighted by Crippen LogP contribution is 2.43. The van der Waals surface area contributed by atoms with E-state index in [1.54, 1.807) is 0 Å². The van der Waals surface area contributed by atoms with Crippen LogP contribution in [-0.4, -0.2) is 8.07 Å². The van der Waals surface area contributed by atoms with Crippen molar-refractivity contribution in [3.63, 3.8) is 0 Å². The molecule has 0 N–H and O–H groups in total. The average molecular weight is 706 g/mol.